The highest BCUT2D eigenvalue weighted by atomic mass is 16.6. The van der Waals surface area contributed by atoms with Crippen molar-refractivity contribution in [3.8, 4) is 0 Å². The zero-order valence-electron chi connectivity index (χ0n) is 22.7. The summed E-state index contributed by atoms with van der Waals surface area (Å²) in [6.07, 6.45) is 6.34. The van der Waals surface area contributed by atoms with Gasteiger partial charge < -0.3 is 14.6 Å². The summed E-state index contributed by atoms with van der Waals surface area (Å²) in [6.45, 7) is 15.9. The van der Waals surface area contributed by atoms with Gasteiger partial charge in [-0.05, 0) is 67.1 Å². The normalized spacial score (nSPS) is 60.9. The number of aliphatic hydroxyl groups is 1. The number of Topliss-reactive ketones (excluding diaryl/α,β-unsaturated/α-hetero) is 1. The lowest BCUT2D eigenvalue weighted by Gasteiger charge is -2.72. The Morgan fingerprint density at radius 1 is 0.857 bits per heavy atom. The monoisotopic (exact) mass is 484 g/mol. The molecule has 0 aromatic rings. The predicted molar refractivity (Wildman–Crippen MR) is 130 cm³/mol. The van der Waals surface area contributed by atoms with Crippen LogP contribution < -0.4 is 0 Å². The van der Waals surface area contributed by atoms with Crippen LogP contribution in [0.3, 0.4) is 0 Å². The maximum atomic E-state index is 13.8. The molecule has 2 saturated heterocycles. The van der Waals surface area contributed by atoms with Gasteiger partial charge in [-0.25, -0.2) is 0 Å². The average Bonchev–Trinajstić information content (AvgIpc) is 3.49. The van der Waals surface area contributed by atoms with Crippen LogP contribution in [0.2, 0.25) is 0 Å². The minimum Gasteiger partial charge on any atom is -0.455 e. The Balaban J connectivity index is 1.41. The van der Waals surface area contributed by atoms with Gasteiger partial charge >= 0.3 is 5.97 Å². The van der Waals surface area contributed by atoms with Crippen molar-refractivity contribution in [1.29, 1.82) is 0 Å². The van der Waals surface area contributed by atoms with Crippen LogP contribution in [-0.4, -0.2) is 40.8 Å². The number of rotatable bonds is 0. The topological polar surface area (TPSA) is 76.1 Å². The van der Waals surface area contributed by atoms with Crippen LogP contribution in [0.15, 0.2) is 0 Å². The highest BCUT2D eigenvalue weighted by Crippen LogP contribution is 2.83. The van der Waals surface area contributed by atoms with Crippen LogP contribution in [0.5, 0.6) is 0 Å². The van der Waals surface area contributed by atoms with Crippen molar-refractivity contribution in [2.75, 3.05) is 0 Å². The number of ether oxygens (including phenoxy) is 2. The molecular formula is C30H44O5. The molecule has 5 saturated carbocycles. The first-order valence-corrected chi connectivity index (χ1v) is 14.2. The number of hydrogen-bond donors (Lipinski definition) is 1. The van der Waals surface area contributed by atoms with Gasteiger partial charge in [0.05, 0.1) is 17.6 Å². The summed E-state index contributed by atoms with van der Waals surface area (Å²) in [5.41, 5.74) is -1.99. The minimum absolute atomic E-state index is 0.0304. The zero-order chi connectivity index (χ0) is 25.2. The Morgan fingerprint density at radius 3 is 2.26 bits per heavy atom. The van der Waals surface area contributed by atoms with Gasteiger partial charge in [-0.15, -0.1) is 0 Å². The van der Waals surface area contributed by atoms with E-state index in [2.05, 4.69) is 48.5 Å². The Morgan fingerprint density at radius 2 is 1.54 bits per heavy atom. The standard InChI is InChI=1S/C30H44O5/c1-24(2)10-12-29-13-11-28(7)27(6)14-16(31)20-25(3,4)18(32)8-9-26(20,5)21(27)19-22(34-19)30(28,17(29)15-24)35-23(29)33/h16-17,19-22,31H,8-15H2,1-7H3/t16-,17-,19+,20+,21-,22+,26+,27-,28+,29+,30-/m1/s1. The second kappa shape index (κ2) is 6.03. The summed E-state index contributed by atoms with van der Waals surface area (Å²) >= 11 is 0. The third kappa shape index (κ3) is 2.21. The van der Waals surface area contributed by atoms with E-state index in [9.17, 15) is 14.7 Å². The lowest BCUT2D eigenvalue weighted by Crippen LogP contribution is -2.76. The molecule has 0 amide bonds. The Kier molecular flexibility index (Phi) is 4.00. The van der Waals surface area contributed by atoms with Crippen LogP contribution in [0.4, 0.5) is 0 Å². The van der Waals surface area contributed by atoms with Gasteiger partial charge in [0.25, 0.3) is 0 Å². The number of fused-ring (bicyclic) bond motifs is 6. The summed E-state index contributed by atoms with van der Waals surface area (Å²) < 4.78 is 13.5. The van der Waals surface area contributed by atoms with E-state index >= 15 is 0 Å². The molecule has 5 aliphatic carbocycles. The molecule has 35 heavy (non-hydrogen) atoms. The first kappa shape index (κ1) is 23.2. The zero-order valence-corrected chi connectivity index (χ0v) is 22.7. The second-order valence-corrected chi connectivity index (χ2v) is 15.9. The number of carbonyl (C=O) groups excluding carboxylic acids is 2. The van der Waals surface area contributed by atoms with Crippen molar-refractivity contribution in [1.82, 2.24) is 0 Å². The number of epoxide rings is 1. The first-order valence-electron chi connectivity index (χ1n) is 14.2. The van der Waals surface area contributed by atoms with Crippen molar-refractivity contribution in [2.24, 2.45) is 50.2 Å². The average molecular weight is 485 g/mol. The molecule has 7 fully saturated rings. The molecule has 194 valence electrons. The molecule has 0 aromatic carbocycles. The third-order valence-electron chi connectivity index (χ3n) is 13.8. The van der Waals surface area contributed by atoms with Crippen molar-refractivity contribution in [2.45, 2.75) is 124 Å². The van der Waals surface area contributed by atoms with Crippen molar-refractivity contribution in [3.05, 3.63) is 0 Å². The quantitative estimate of drug-likeness (QED) is 0.384. The molecule has 5 nitrogen and oxygen atoms in total. The van der Waals surface area contributed by atoms with Crippen LogP contribution in [0.1, 0.15) is 99.8 Å². The van der Waals surface area contributed by atoms with E-state index in [1.807, 2.05) is 0 Å². The van der Waals surface area contributed by atoms with E-state index in [4.69, 9.17) is 9.47 Å². The van der Waals surface area contributed by atoms with E-state index in [-0.39, 0.29) is 68.8 Å². The first-order chi connectivity index (χ1) is 16.1. The van der Waals surface area contributed by atoms with Crippen LogP contribution in [0, 0.1) is 50.2 Å². The van der Waals surface area contributed by atoms with Crippen molar-refractivity contribution >= 4 is 11.8 Å². The van der Waals surface area contributed by atoms with Gasteiger partial charge in [0, 0.05) is 29.1 Å². The third-order valence-corrected chi connectivity index (χ3v) is 13.8. The predicted octanol–water partition coefficient (Wildman–Crippen LogP) is 5.07. The van der Waals surface area contributed by atoms with E-state index in [1.54, 1.807) is 0 Å². The summed E-state index contributed by atoms with van der Waals surface area (Å²) in [5, 5.41) is 11.9. The number of ketones is 1. The number of carbonyl (C=O) groups is 2. The lowest BCUT2D eigenvalue weighted by molar-refractivity contribution is -0.282. The van der Waals surface area contributed by atoms with Crippen molar-refractivity contribution < 1.29 is 24.2 Å². The molecule has 1 spiro atoms. The number of hydrogen-bond acceptors (Lipinski definition) is 5. The number of aliphatic hydroxyl groups excluding tert-OH is 1. The van der Waals surface area contributed by atoms with E-state index in [1.165, 1.54) is 0 Å². The fourth-order valence-electron chi connectivity index (χ4n) is 12.2. The highest BCUT2D eigenvalue weighted by Gasteiger charge is 2.89. The molecule has 0 aromatic heterocycles. The highest BCUT2D eigenvalue weighted by molar-refractivity contribution is 5.86. The van der Waals surface area contributed by atoms with Gasteiger partial charge in [-0.1, -0.05) is 48.5 Å². The lowest BCUT2D eigenvalue weighted by atomic mass is 9.30. The minimum atomic E-state index is -0.598. The van der Waals surface area contributed by atoms with Crippen LogP contribution >= 0.6 is 0 Å². The Labute approximate surface area is 210 Å². The van der Waals surface area contributed by atoms with E-state index < -0.39 is 17.1 Å². The van der Waals surface area contributed by atoms with Gasteiger partial charge in [0.1, 0.15) is 11.9 Å². The molecule has 7 rings (SSSR count). The number of esters is 1. The van der Waals surface area contributed by atoms with Gasteiger partial charge in [-0.2, -0.15) is 0 Å². The van der Waals surface area contributed by atoms with E-state index in [0.717, 1.165) is 38.5 Å². The molecule has 5 heteroatoms. The molecular weight excluding hydrogens is 440 g/mol. The maximum Gasteiger partial charge on any atom is 0.313 e. The van der Waals surface area contributed by atoms with Gasteiger partial charge in [0.2, 0.25) is 0 Å². The van der Waals surface area contributed by atoms with Crippen LogP contribution in [-0.2, 0) is 19.1 Å². The molecule has 0 unspecified atom stereocenters. The molecule has 1 N–H and O–H groups in total. The Hall–Kier alpha value is -0.940. The van der Waals surface area contributed by atoms with Crippen molar-refractivity contribution in [3.63, 3.8) is 0 Å². The summed E-state index contributed by atoms with van der Waals surface area (Å²) in [5.74, 6) is 0.678. The molecule has 7 aliphatic rings. The fourth-order valence-corrected chi connectivity index (χ4v) is 12.2. The molecule has 0 radical (unpaired) electrons. The molecule has 2 bridgehead atoms. The fraction of sp³-hybridized carbons (Fsp3) is 0.933. The summed E-state index contributed by atoms with van der Waals surface area (Å²) in [7, 11) is 0. The molecule has 11 atom stereocenters. The largest absolute Gasteiger partial charge is 0.455 e. The van der Waals surface area contributed by atoms with Crippen LogP contribution in [0.25, 0.3) is 0 Å². The van der Waals surface area contributed by atoms with Gasteiger partial charge in [0.15, 0.2) is 5.60 Å². The maximum absolute atomic E-state index is 13.8. The SMILES string of the molecule is CC1(C)CC[C@@]23CC[C@]4(C)[C@@](OC2=O)([C@@H]3C1)[C@H]1O[C@H]1[C@@H]1[C@@]2(C)CCC(=O)C(C)(C)[C@@H]2[C@H](O)C[C@]14C. The Bertz CT molecular complexity index is 1050. The molecule has 2 heterocycles. The summed E-state index contributed by atoms with van der Waals surface area (Å²) in [4.78, 5) is 26.8. The smallest absolute Gasteiger partial charge is 0.313 e. The van der Waals surface area contributed by atoms with Gasteiger partial charge in [-0.3, -0.25) is 9.59 Å². The van der Waals surface area contributed by atoms with E-state index in [0.29, 0.717) is 12.8 Å². The second-order valence-electron chi connectivity index (χ2n) is 15.9. The summed E-state index contributed by atoms with van der Waals surface area (Å²) in [6, 6.07) is 0. The molecule has 2 aliphatic heterocycles.